The van der Waals surface area contributed by atoms with Crippen LogP contribution in [-0.2, 0) is 17.9 Å². The third-order valence-electron chi connectivity index (χ3n) is 7.46. The summed E-state index contributed by atoms with van der Waals surface area (Å²) in [7, 11) is 0. The normalized spacial score (nSPS) is 13.9. The highest BCUT2D eigenvalue weighted by Gasteiger charge is 2.26. The third kappa shape index (κ3) is 6.72. The van der Waals surface area contributed by atoms with Crippen LogP contribution in [0.25, 0.3) is 10.9 Å². The number of hydrogen-bond donors (Lipinski definition) is 0. The molecule has 1 aliphatic heterocycles. The van der Waals surface area contributed by atoms with Gasteiger partial charge in [-0.2, -0.15) is 0 Å². The number of benzene rings is 3. The van der Waals surface area contributed by atoms with Gasteiger partial charge < -0.3 is 14.4 Å². The first-order chi connectivity index (χ1) is 20.8. The Hall–Kier alpha value is -4.25. The van der Waals surface area contributed by atoms with Gasteiger partial charge in [0.15, 0.2) is 17.7 Å². The lowest BCUT2D eigenvalue weighted by atomic mass is 10.0. The van der Waals surface area contributed by atoms with Gasteiger partial charge in [-0.15, -0.1) is 0 Å². The Morgan fingerprint density at radius 1 is 0.953 bits per heavy atom. The number of alkyl halides is 2. The highest BCUT2D eigenvalue weighted by molar-refractivity contribution is 6.30. The van der Waals surface area contributed by atoms with Gasteiger partial charge in [0, 0.05) is 30.2 Å². The van der Waals surface area contributed by atoms with E-state index in [1.807, 2.05) is 12.1 Å². The monoisotopic (exact) mass is 615 g/mol. The van der Waals surface area contributed by atoms with Crippen LogP contribution < -0.4 is 20.7 Å². The number of rotatable bonds is 11. The number of likely N-dealkylation sites (tertiary alicyclic amines) is 1. The molecule has 3 aromatic carbocycles. The molecule has 8 nitrogen and oxygen atoms in total. The zero-order chi connectivity index (χ0) is 30.5. The molecule has 0 unspecified atom stereocenters. The number of carbonyl (C=O) groups excluding carboxylic acids is 1. The van der Waals surface area contributed by atoms with Crippen LogP contribution in [0.5, 0.6) is 11.5 Å². The molecule has 0 N–H and O–H groups in total. The summed E-state index contributed by atoms with van der Waals surface area (Å²) in [6.45, 7) is -1.38. The second-order valence-electron chi connectivity index (χ2n) is 10.3. The minimum Gasteiger partial charge on any atom is -0.489 e. The molecule has 0 radical (unpaired) electrons. The second-order valence-corrected chi connectivity index (χ2v) is 10.8. The molecule has 1 fully saturated rings. The maximum absolute atomic E-state index is 15.1. The lowest BCUT2D eigenvalue weighted by molar-refractivity contribution is -0.119. The molecule has 4 aromatic rings. The fraction of sp³-hybridized carbons (Fsp3) is 0.323. The first kappa shape index (κ1) is 30.2. The van der Waals surface area contributed by atoms with E-state index in [4.69, 9.17) is 21.1 Å². The molecule has 0 aliphatic carbocycles. The molecule has 1 aliphatic rings. The van der Waals surface area contributed by atoms with Gasteiger partial charge in [0.1, 0.15) is 25.7 Å². The molecule has 0 bridgehead atoms. The molecule has 226 valence electrons. The summed E-state index contributed by atoms with van der Waals surface area (Å²) in [6, 6.07) is 15.8. The molecular formula is C31H29ClF3N3O5. The van der Waals surface area contributed by atoms with Crippen LogP contribution in [-0.4, -0.2) is 53.0 Å². The highest BCUT2D eigenvalue weighted by atomic mass is 35.5. The molecule has 1 amide bonds. The number of carbonyl (C=O) groups is 1. The van der Waals surface area contributed by atoms with Crippen LogP contribution in [0.1, 0.15) is 30.0 Å². The molecular weight excluding hydrogens is 587 g/mol. The Morgan fingerprint density at radius 3 is 2.23 bits per heavy atom. The summed E-state index contributed by atoms with van der Waals surface area (Å²) in [4.78, 5) is 40.3. The SMILES string of the molecule is O=CN1CCC(n2c(=O)n(Cc3ccc(OCc4ccc(Cl)cc4)cc3)c(=O)c3cc(OC(CF)CF)c(F)cc32)CC1. The molecule has 5 rings (SSSR count). The number of amides is 1. The van der Waals surface area contributed by atoms with Crippen molar-refractivity contribution >= 4 is 28.9 Å². The van der Waals surface area contributed by atoms with E-state index >= 15 is 4.39 Å². The summed E-state index contributed by atoms with van der Waals surface area (Å²) in [5, 5.41) is 0.591. The van der Waals surface area contributed by atoms with Crippen LogP contribution >= 0.6 is 11.6 Å². The van der Waals surface area contributed by atoms with Crippen molar-refractivity contribution in [2.24, 2.45) is 0 Å². The summed E-state index contributed by atoms with van der Waals surface area (Å²) in [5.41, 5.74) is 0.270. The van der Waals surface area contributed by atoms with Gasteiger partial charge >= 0.3 is 5.69 Å². The maximum Gasteiger partial charge on any atom is 0.332 e. The molecule has 43 heavy (non-hydrogen) atoms. The molecule has 12 heteroatoms. The van der Waals surface area contributed by atoms with Gasteiger partial charge in [0.05, 0.1) is 17.4 Å². The first-order valence-electron chi connectivity index (χ1n) is 13.7. The Bertz CT molecular complexity index is 1700. The quantitative estimate of drug-likeness (QED) is 0.220. The van der Waals surface area contributed by atoms with Crippen LogP contribution in [0.2, 0.25) is 5.02 Å². The van der Waals surface area contributed by atoms with E-state index in [-0.39, 0.29) is 17.4 Å². The Balaban J connectivity index is 1.50. The van der Waals surface area contributed by atoms with Crippen LogP contribution in [0.15, 0.2) is 70.3 Å². The molecule has 1 saturated heterocycles. The van der Waals surface area contributed by atoms with E-state index < -0.39 is 48.3 Å². The van der Waals surface area contributed by atoms with Crippen molar-refractivity contribution in [3.63, 3.8) is 0 Å². The Labute approximate surface area is 249 Å². The van der Waals surface area contributed by atoms with Crippen LogP contribution in [0, 0.1) is 5.82 Å². The lowest BCUT2D eigenvalue weighted by Gasteiger charge is -2.31. The number of nitrogens with zero attached hydrogens (tertiary/aromatic N) is 3. The summed E-state index contributed by atoms with van der Waals surface area (Å²) >= 11 is 5.93. The van der Waals surface area contributed by atoms with E-state index in [0.29, 0.717) is 48.9 Å². The highest BCUT2D eigenvalue weighted by Crippen LogP contribution is 2.28. The van der Waals surface area contributed by atoms with E-state index in [1.54, 1.807) is 41.3 Å². The molecule has 0 saturated carbocycles. The van der Waals surface area contributed by atoms with Crippen molar-refractivity contribution in [3.8, 4) is 11.5 Å². The Morgan fingerprint density at radius 2 is 1.60 bits per heavy atom. The average molecular weight is 616 g/mol. The van der Waals surface area contributed by atoms with Crippen molar-refractivity contribution in [2.45, 2.75) is 38.1 Å². The van der Waals surface area contributed by atoms with Crippen molar-refractivity contribution in [1.82, 2.24) is 14.0 Å². The van der Waals surface area contributed by atoms with E-state index in [0.717, 1.165) is 28.7 Å². The second kappa shape index (κ2) is 13.4. The van der Waals surface area contributed by atoms with E-state index in [9.17, 15) is 23.2 Å². The Kier molecular flexibility index (Phi) is 9.40. The minimum absolute atomic E-state index is 0.0341. The predicted molar refractivity (Wildman–Crippen MR) is 156 cm³/mol. The average Bonchev–Trinajstić information content (AvgIpc) is 3.03. The number of ether oxygens (including phenoxy) is 2. The third-order valence-corrected chi connectivity index (χ3v) is 7.71. The predicted octanol–water partition coefficient (Wildman–Crippen LogP) is 5.06. The maximum atomic E-state index is 15.1. The van der Waals surface area contributed by atoms with Gasteiger partial charge in [0.2, 0.25) is 6.41 Å². The van der Waals surface area contributed by atoms with Gasteiger partial charge in [-0.05, 0) is 54.3 Å². The van der Waals surface area contributed by atoms with Crippen molar-refractivity contribution in [1.29, 1.82) is 0 Å². The zero-order valence-electron chi connectivity index (χ0n) is 23.1. The minimum atomic E-state index is -1.53. The van der Waals surface area contributed by atoms with Gasteiger partial charge in [-0.3, -0.25) is 18.7 Å². The van der Waals surface area contributed by atoms with Crippen molar-refractivity contribution in [2.75, 3.05) is 26.4 Å². The van der Waals surface area contributed by atoms with Gasteiger partial charge in [-0.1, -0.05) is 35.9 Å². The number of halogens is 4. The van der Waals surface area contributed by atoms with Crippen LogP contribution in [0.4, 0.5) is 13.2 Å². The largest absolute Gasteiger partial charge is 0.489 e. The number of piperidine rings is 1. The molecule has 0 spiro atoms. The molecule has 1 aromatic heterocycles. The van der Waals surface area contributed by atoms with E-state index in [2.05, 4.69) is 0 Å². The standard InChI is InChI=1S/C31H29ClF3N3O5/c32-22-5-1-21(2-6-22)18-42-24-7-3-20(4-8-24)17-37-30(40)26-13-29(43-25(15-33)16-34)27(35)14-28(26)38(31(37)41)23-9-11-36(19-39)12-10-23/h1-8,13-14,19,23,25H,9-12,15-18H2. The molecule has 2 heterocycles. The fourth-order valence-electron chi connectivity index (χ4n) is 5.12. The van der Waals surface area contributed by atoms with Crippen molar-refractivity contribution in [3.05, 3.63) is 103 Å². The van der Waals surface area contributed by atoms with Gasteiger partial charge in [0.25, 0.3) is 5.56 Å². The number of aromatic nitrogens is 2. The fourth-order valence-corrected chi connectivity index (χ4v) is 5.24. The summed E-state index contributed by atoms with van der Waals surface area (Å²) in [6.07, 6.45) is 0.0262. The van der Waals surface area contributed by atoms with E-state index in [1.165, 1.54) is 4.57 Å². The summed E-state index contributed by atoms with van der Waals surface area (Å²) < 4.78 is 54.7. The first-order valence-corrected chi connectivity index (χ1v) is 14.1. The lowest BCUT2D eigenvalue weighted by Crippen LogP contribution is -2.44. The summed E-state index contributed by atoms with van der Waals surface area (Å²) in [5.74, 6) is -0.861. The van der Waals surface area contributed by atoms with Crippen molar-refractivity contribution < 1.29 is 27.4 Å². The zero-order valence-corrected chi connectivity index (χ0v) is 23.8. The smallest absolute Gasteiger partial charge is 0.332 e. The molecule has 0 atom stereocenters. The van der Waals surface area contributed by atoms with Gasteiger partial charge in [-0.25, -0.2) is 18.0 Å². The van der Waals surface area contributed by atoms with Crippen LogP contribution in [0.3, 0.4) is 0 Å². The number of fused-ring (bicyclic) bond motifs is 1. The topological polar surface area (TPSA) is 82.8 Å². The number of hydrogen-bond acceptors (Lipinski definition) is 5.